The van der Waals surface area contributed by atoms with Crippen molar-refractivity contribution in [1.29, 1.82) is 0 Å². The normalized spacial score (nSPS) is 18.0. The molecule has 6 nitrogen and oxygen atoms in total. The molecule has 0 bridgehead atoms. The topological polar surface area (TPSA) is 55.9 Å². The van der Waals surface area contributed by atoms with Crippen molar-refractivity contribution < 1.29 is 9.59 Å². The number of likely N-dealkylation sites (tertiary alicyclic amines) is 1. The first-order valence-corrected chi connectivity index (χ1v) is 12.6. The van der Waals surface area contributed by atoms with Gasteiger partial charge in [0.15, 0.2) is 0 Å². The molecule has 0 aliphatic carbocycles. The van der Waals surface area contributed by atoms with E-state index in [1.807, 2.05) is 48.3 Å². The third kappa shape index (κ3) is 6.17. The molecular weight excluding hydrogens is 424 g/mol. The van der Waals surface area contributed by atoms with Gasteiger partial charge >= 0.3 is 0 Å². The van der Waals surface area contributed by atoms with Gasteiger partial charge in [0.25, 0.3) is 5.91 Å². The molecule has 0 unspecified atom stereocenters. The molecule has 2 aliphatic rings. The molecular formula is C28H38N4O2. The second kappa shape index (κ2) is 11.5. The molecule has 2 aliphatic heterocycles. The minimum absolute atomic E-state index is 0.112. The predicted molar refractivity (Wildman–Crippen MR) is 137 cm³/mol. The molecule has 2 saturated heterocycles. The summed E-state index contributed by atoms with van der Waals surface area (Å²) in [4.78, 5) is 32.4. The molecule has 2 aromatic carbocycles. The van der Waals surface area contributed by atoms with E-state index in [4.69, 9.17) is 0 Å². The summed E-state index contributed by atoms with van der Waals surface area (Å²) in [6, 6.07) is 18.6. The highest BCUT2D eigenvalue weighted by atomic mass is 16.2. The molecule has 0 radical (unpaired) electrons. The van der Waals surface area contributed by atoms with E-state index < -0.39 is 0 Å². The first-order chi connectivity index (χ1) is 16.5. The smallest absolute Gasteiger partial charge is 0.255 e. The highest BCUT2D eigenvalue weighted by molar-refractivity contribution is 6.00. The van der Waals surface area contributed by atoms with Crippen LogP contribution in [0.4, 0.5) is 5.69 Å². The first-order valence-electron chi connectivity index (χ1n) is 12.6. The van der Waals surface area contributed by atoms with Gasteiger partial charge < -0.3 is 20.0 Å². The van der Waals surface area contributed by atoms with Crippen LogP contribution in [0.5, 0.6) is 0 Å². The Labute approximate surface area is 203 Å². The van der Waals surface area contributed by atoms with Crippen LogP contribution in [-0.4, -0.2) is 74.0 Å². The number of hydrogen-bond donors (Lipinski definition) is 1. The SMILES string of the molecule is CN1CCC(N(C)C(=O)c2ccccc2N2CCC(NC(=O)CCc3ccccc3)CC2)CC1. The van der Waals surface area contributed by atoms with Crippen molar-refractivity contribution in [3.05, 3.63) is 65.7 Å². The van der Waals surface area contributed by atoms with Gasteiger partial charge in [-0.2, -0.15) is 0 Å². The highest BCUT2D eigenvalue weighted by Crippen LogP contribution is 2.27. The van der Waals surface area contributed by atoms with Crippen molar-refractivity contribution in [3.63, 3.8) is 0 Å². The fraction of sp³-hybridized carbons (Fsp3) is 0.500. The van der Waals surface area contributed by atoms with Crippen LogP contribution in [0.25, 0.3) is 0 Å². The number of carbonyl (C=O) groups excluding carboxylic acids is 2. The number of nitrogens with one attached hydrogen (secondary N) is 1. The molecule has 2 aromatic rings. The first kappa shape index (κ1) is 24.3. The average molecular weight is 463 g/mol. The van der Waals surface area contributed by atoms with E-state index in [0.29, 0.717) is 12.5 Å². The second-order valence-electron chi connectivity index (χ2n) is 9.78. The van der Waals surface area contributed by atoms with Gasteiger partial charge in [0.05, 0.1) is 5.56 Å². The lowest BCUT2D eigenvalue weighted by atomic mass is 10.0. The summed E-state index contributed by atoms with van der Waals surface area (Å²) < 4.78 is 0. The van der Waals surface area contributed by atoms with Crippen molar-refractivity contribution in [3.8, 4) is 0 Å². The van der Waals surface area contributed by atoms with E-state index in [2.05, 4.69) is 40.4 Å². The van der Waals surface area contributed by atoms with Crippen molar-refractivity contribution in [2.75, 3.05) is 45.2 Å². The van der Waals surface area contributed by atoms with Crippen LogP contribution < -0.4 is 10.2 Å². The van der Waals surface area contributed by atoms with Crippen LogP contribution in [0.3, 0.4) is 0 Å². The van der Waals surface area contributed by atoms with Gasteiger partial charge in [-0.15, -0.1) is 0 Å². The van der Waals surface area contributed by atoms with Crippen LogP contribution in [0.1, 0.15) is 48.0 Å². The monoisotopic (exact) mass is 462 g/mol. The summed E-state index contributed by atoms with van der Waals surface area (Å²) in [5, 5.41) is 3.22. The zero-order chi connectivity index (χ0) is 23.9. The number of amides is 2. The molecule has 0 spiro atoms. The summed E-state index contributed by atoms with van der Waals surface area (Å²) in [5.41, 5.74) is 2.99. The Kier molecular flexibility index (Phi) is 8.22. The number of aryl methyl sites for hydroxylation is 1. The second-order valence-corrected chi connectivity index (χ2v) is 9.78. The van der Waals surface area contributed by atoms with Gasteiger partial charge in [-0.3, -0.25) is 9.59 Å². The van der Waals surface area contributed by atoms with Gasteiger partial charge in [0, 0.05) is 44.3 Å². The van der Waals surface area contributed by atoms with E-state index in [0.717, 1.165) is 69.5 Å². The van der Waals surface area contributed by atoms with Gasteiger partial charge in [0.2, 0.25) is 5.91 Å². The molecule has 1 N–H and O–H groups in total. The Balaban J connectivity index is 1.30. The van der Waals surface area contributed by atoms with Crippen LogP contribution in [-0.2, 0) is 11.2 Å². The molecule has 0 saturated carbocycles. The van der Waals surface area contributed by atoms with Crippen LogP contribution in [0.15, 0.2) is 54.6 Å². The van der Waals surface area contributed by atoms with Gasteiger partial charge in [0.1, 0.15) is 0 Å². The minimum atomic E-state index is 0.112. The summed E-state index contributed by atoms with van der Waals surface area (Å²) in [7, 11) is 4.09. The van der Waals surface area contributed by atoms with E-state index in [1.165, 1.54) is 5.56 Å². The van der Waals surface area contributed by atoms with Gasteiger partial charge in [-0.25, -0.2) is 0 Å². The standard InChI is InChI=1S/C28H38N4O2/c1-30-18-16-24(17-19-30)31(2)28(34)25-10-6-7-11-26(25)32-20-14-23(15-21-32)29-27(33)13-12-22-8-4-3-5-9-22/h3-11,23-24H,12-21H2,1-2H3,(H,29,33). The molecule has 2 heterocycles. The summed E-state index contributed by atoms with van der Waals surface area (Å²) in [6.07, 6.45) is 5.12. The molecule has 182 valence electrons. The maximum Gasteiger partial charge on any atom is 0.255 e. The van der Waals surface area contributed by atoms with Crippen molar-refractivity contribution in [2.45, 2.75) is 50.6 Å². The molecule has 0 aromatic heterocycles. The summed E-state index contributed by atoms with van der Waals surface area (Å²) in [5.74, 6) is 0.235. The number of benzene rings is 2. The number of rotatable bonds is 7. The number of nitrogens with zero attached hydrogens (tertiary/aromatic N) is 3. The number of piperidine rings is 2. The maximum absolute atomic E-state index is 13.4. The van der Waals surface area contributed by atoms with Crippen LogP contribution >= 0.6 is 0 Å². The Hall–Kier alpha value is -2.86. The predicted octanol–water partition coefficient (Wildman–Crippen LogP) is 3.57. The third-order valence-electron chi connectivity index (χ3n) is 7.37. The van der Waals surface area contributed by atoms with Crippen LogP contribution in [0.2, 0.25) is 0 Å². The number of para-hydroxylation sites is 1. The lowest BCUT2D eigenvalue weighted by molar-refractivity contribution is -0.121. The van der Waals surface area contributed by atoms with Crippen molar-refractivity contribution in [2.24, 2.45) is 0 Å². The molecule has 4 rings (SSSR count). The number of carbonyl (C=O) groups is 2. The Morgan fingerprint density at radius 2 is 1.56 bits per heavy atom. The fourth-order valence-corrected chi connectivity index (χ4v) is 5.14. The zero-order valence-corrected chi connectivity index (χ0v) is 20.6. The quantitative estimate of drug-likeness (QED) is 0.684. The average Bonchev–Trinajstić information content (AvgIpc) is 2.88. The van der Waals surface area contributed by atoms with Crippen molar-refractivity contribution in [1.82, 2.24) is 15.1 Å². The zero-order valence-electron chi connectivity index (χ0n) is 20.6. The molecule has 34 heavy (non-hydrogen) atoms. The Bertz CT molecular complexity index is 948. The van der Waals surface area contributed by atoms with Gasteiger partial charge in [-0.1, -0.05) is 42.5 Å². The lowest BCUT2D eigenvalue weighted by Crippen LogP contribution is -2.46. The fourth-order valence-electron chi connectivity index (χ4n) is 5.14. The third-order valence-corrected chi connectivity index (χ3v) is 7.37. The Morgan fingerprint density at radius 1 is 0.912 bits per heavy atom. The lowest BCUT2D eigenvalue weighted by Gasteiger charge is -2.37. The summed E-state index contributed by atoms with van der Waals surface area (Å²) >= 11 is 0. The largest absolute Gasteiger partial charge is 0.371 e. The molecule has 6 heteroatoms. The van der Waals surface area contributed by atoms with Crippen molar-refractivity contribution >= 4 is 17.5 Å². The van der Waals surface area contributed by atoms with Crippen LogP contribution in [0, 0.1) is 0 Å². The molecule has 2 fully saturated rings. The minimum Gasteiger partial charge on any atom is -0.371 e. The van der Waals surface area contributed by atoms with E-state index in [1.54, 1.807) is 0 Å². The van der Waals surface area contributed by atoms with Gasteiger partial charge in [-0.05, 0) is 69.9 Å². The van der Waals surface area contributed by atoms with E-state index >= 15 is 0 Å². The van der Waals surface area contributed by atoms with E-state index in [-0.39, 0.29) is 17.9 Å². The number of hydrogen-bond acceptors (Lipinski definition) is 4. The summed E-state index contributed by atoms with van der Waals surface area (Å²) in [6.45, 7) is 3.75. The maximum atomic E-state index is 13.4. The number of anilines is 1. The Morgan fingerprint density at radius 3 is 2.26 bits per heavy atom. The highest BCUT2D eigenvalue weighted by Gasteiger charge is 2.28. The molecule has 0 atom stereocenters. The van der Waals surface area contributed by atoms with E-state index in [9.17, 15) is 9.59 Å². The molecule has 2 amide bonds.